The Morgan fingerprint density at radius 2 is 1.72 bits per heavy atom. The van der Waals surface area contributed by atoms with E-state index in [1.54, 1.807) is 24.3 Å². The highest BCUT2D eigenvalue weighted by Gasteiger charge is 2.10. The van der Waals surface area contributed by atoms with Crippen molar-refractivity contribution in [2.45, 2.75) is 13.0 Å². The van der Waals surface area contributed by atoms with Gasteiger partial charge in [-0.15, -0.1) is 5.10 Å². The Morgan fingerprint density at radius 3 is 2.44 bits per heavy atom. The van der Waals surface area contributed by atoms with E-state index in [4.69, 9.17) is 16.0 Å². The third kappa shape index (κ3) is 5.02. The molecule has 0 saturated carbocycles. The molecule has 0 bridgehead atoms. The fourth-order valence-corrected chi connectivity index (χ4v) is 2.20. The second-order valence-electron chi connectivity index (χ2n) is 5.24. The summed E-state index contributed by atoms with van der Waals surface area (Å²) in [7, 11) is 0. The number of carbonyl (C=O) groups excluding carboxylic acids is 1. The fourth-order valence-electron chi connectivity index (χ4n) is 2.08. The number of hydrogen-bond donors (Lipinski definition) is 2. The first kappa shape index (κ1) is 16.9. The number of nitrogens with zero attached hydrogens (tertiary/aromatic N) is 2. The zero-order chi connectivity index (χ0) is 17.6. The molecule has 0 fully saturated rings. The lowest BCUT2D eigenvalue weighted by Crippen LogP contribution is -2.28. The fraction of sp³-hybridized carbons (Fsp3) is 0.118. The van der Waals surface area contributed by atoms with Gasteiger partial charge in [-0.05, 0) is 35.4 Å². The van der Waals surface area contributed by atoms with E-state index in [0.29, 0.717) is 23.9 Å². The topological polar surface area (TPSA) is 80.0 Å². The SMILES string of the molecule is O=C(NCc1ccc(Cl)cc1)Nc1nnc(Cc2ccc(F)cc2)o1. The van der Waals surface area contributed by atoms with Crippen molar-refractivity contribution in [2.24, 2.45) is 0 Å². The van der Waals surface area contributed by atoms with Gasteiger partial charge in [-0.2, -0.15) is 0 Å². The van der Waals surface area contributed by atoms with E-state index in [1.807, 2.05) is 12.1 Å². The first-order valence-electron chi connectivity index (χ1n) is 7.44. The lowest BCUT2D eigenvalue weighted by Gasteiger charge is -2.04. The zero-order valence-electron chi connectivity index (χ0n) is 13.0. The van der Waals surface area contributed by atoms with Crippen LogP contribution in [0.5, 0.6) is 0 Å². The number of urea groups is 1. The molecule has 0 spiro atoms. The summed E-state index contributed by atoms with van der Waals surface area (Å²) in [5, 5.41) is 13.4. The van der Waals surface area contributed by atoms with Crippen molar-refractivity contribution < 1.29 is 13.6 Å². The van der Waals surface area contributed by atoms with E-state index < -0.39 is 6.03 Å². The molecular weight excluding hydrogens is 347 g/mol. The predicted octanol–water partition coefficient (Wildman–Crippen LogP) is 3.77. The number of nitrogens with one attached hydrogen (secondary N) is 2. The van der Waals surface area contributed by atoms with Crippen molar-refractivity contribution >= 4 is 23.6 Å². The maximum absolute atomic E-state index is 12.9. The molecule has 1 aromatic heterocycles. The number of aromatic nitrogens is 2. The number of benzene rings is 2. The van der Waals surface area contributed by atoms with E-state index in [-0.39, 0.29) is 11.8 Å². The minimum absolute atomic E-state index is 0.00859. The molecule has 128 valence electrons. The predicted molar refractivity (Wildman–Crippen MR) is 90.8 cm³/mol. The van der Waals surface area contributed by atoms with Gasteiger partial charge in [-0.3, -0.25) is 5.32 Å². The van der Waals surface area contributed by atoms with Crippen molar-refractivity contribution in [1.29, 1.82) is 0 Å². The molecule has 0 radical (unpaired) electrons. The Kier molecular flexibility index (Phi) is 5.25. The van der Waals surface area contributed by atoms with Crippen molar-refractivity contribution in [3.8, 4) is 0 Å². The van der Waals surface area contributed by atoms with Gasteiger partial charge in [-0.1, -0.05) is 41.0 Å². The summed E-state index contributed by atoms with van der Waals surface area (Å²) in [6.07, 6.45) is 0.349. The first-order chi connectivity index (χ1) is 12.1. The molecule has 0 aliphatic heterocycles. The Morgan fingerprint density at radius 1 is 1.04 bits per heavy atom. The van der Waals surface area contributed by atoms with Gasteiger partial charge in [0.2, 0.25) is 5.89 Å². The number of anilines is 1. The molecule has 25 heavy (non-hydrogen) atoms. The highest BCUT2D eigenvalue weighted by Crippen LogP contribution is 2.12. The van der Waals surface area contributed by atoms with E-state index in [2.05, 4.69) is 20.8 Å². The molecule has 3 rings (SSSR count). The second-order valence-corrected chi connectivity index (χ2v) is 5.67. The standard InChI is InChI=1S/C17H14ClFN4O2/c18-13-5-1-12(2-6-13)10-20-16(24)21-17-23-22-15(25-17)9-11-3-7-14(19)8-4-11/h1-8H,9-10H2,(H2,20,21,23,24). The van der Waals surface area contributed by atoms with E-state index in [1.165, 1.54) is 12.1 Å². The molecule has 2 N–H and O–H groups in total. The zero-order valence-corrected chi connectivity index (χ0v) is 13.8. The van der Waals surface area contributed by atoms with Gasteiger partial charge >= 0.3 is 12.0 Å². The summed E-state index contributed by atoms with van der Waals surface area (Å²) in [4.78, 5) is 11.8. The van der Waals surface area contributed by atoms with Gasteiger partial charge < -0.3 is 9.73 Å². The number of halogens is 2. The first-order valence-corrected chi connectivity index (χ1v) is 7.82. The Labute approximate surface area is 148 Å². The molecule has 3 aromatic rings. The van der Waals surface area contributed by atoms with Crippen LogP contribution in [0.25, 0.3) is 0 Å². The summed E-state index contributed by atoms with van der Waals surface area (Å²) in [6, 6.07) is 12.6. The molecule has 6 nitrogen and oxygen atoms in total. The highest BCUT2D eigenvalue weighted by atomic mass is 35.5. The van der Waals surface area contributed by atoms with Crippen LogP contribution in [0.2, 0.25) is 5.02 Å². The van der Waals surface area contributed by atoms with Crippen LogP contribution in [-0.2, 0) is 13.0 Å². The summed E-state index contributed by atoms with van der Waals surface area (Å²) in [5.41, 5.74) is 1.73. The summed E-state index contributed by atoms with van der Waals surface area (Å²) >= 11 is 5.80. The maximum atomic E-state index is 12.9. The van der Waals surface area contributed by atoms with Gasteiger partial charge in [0.1, 0.15) is 5.82 Å². The number of hydrogen-bond acceptors (Lipinski definition) is 4. The third-order valence-corrected chi connectivity index (χ3v) is 3.57. The second kappa shape index (κ2) is 7.76. The molecular formula is C17H14ClFN4O2. The molecule has 0 saturated heterocycles. The van der Waals surface area contributed by atoms with Crippen molar-refractivity contribution in [1.82, 2.24) is 15.5 Å². The number of carbonyl (C=O) groups is 1. The summed E-state index contributed by atoms with van der Waals surface area (Å²) in [6.45, 7) is 0.333. The number of rotatable bonds is 5. The summed E-state index contributed by atoms with van der Waals surface area (Å²) in [5.74, 6) is 0.00797. The maximum Gasteiger partial charge on any atom is 0.323 e. The Hall–Kier alpha value is -2.93. The van der Waals surface area contributed by atoms with E-state index >= 15 is 0 Å². The van der Waals surface area contributed by atoms with Gasteiger partial charge in [-0.25, -0.2) is 9.18 Å². The van der Waals surface area contributed by atoms with Crippen LogP contribution < -0.4 is 10.6 Å². The quantitative estimate of drug-likeness (QED) is 0.725. The average molecular weight is 361 g/mol. The molecule has 1 heterocycles. The normalized spacial score (nSPS) is 10.5. The smallest absolute Gasteiger partial charge is 0.323 e. The molecule has 0 aliphatic carbocycles. The average Bonchev–Trinajstić information content (AvgIpc) is 3.03. The van der Waals surface area contributed by atoms with Gasteiger partial charge in [0.15, 0.2) is 0 Å². The lowest BCUT2D eigenvalue weighted by molar-refractivity contribution is 0.251. The van der Waals surface area contributed by atoms with Crippen LogP contribution in [0.3, 0.4) is 0 Å². The molecule has 0 unspecified atom stereocenters. The summed E-state index contributed by atoms with van der Waals surface area (Å²) < 4.78 is 18.2. The Bertz CT molecular complexity index is 850. The molecule has 8 heteroatoms. The van der Waals surface area contributed by atoms with Crippen molar-refractivity contribution in [3.05, 3.63) is 76.4 Å². The molecule has 0 aliphatic rings. The molecule has 2 amide bonds. The van der Waals surface area contributed by atoms with Crippen LogP contribution in [0.15, 0.2) is 52.9 Å². The van der Waals surface area contributed by atoms with Crippen LogP contribution in [0.4, 0.5) is 15.2 Å². The van der Waals surface area contributed by atoms with Crippen LogP contribution in [0.1, 0.15) is 17.0 Å². The van der Waals surface area contributed by atoms with Crippen molar-refractivity contribution in [3.63, 3.8) is 0 Å². The van der Waals surface area contributed by atoms with Gasteiger partial charge in [0.05, 0.1) is 6.42 Å². The van der Waals surface area contributed by atoms with Crippen LogP contribution in [0, 0.1) is 5.82 Å². The molecule has 2 aromatic carbocycles. The minimum Gasteiger partial charge on any atom is -0.407 e. The lowest BCUT2D eigenvalue weighted by atomic mass is 10.1. The van der Waals surface area contributed by atoms with Crippen molar-refractivity contribution in [2.75, 3.05) is 5.32 Å². The van der Waals surface area contributed by atoms with E-state index in [0.717, 1.165) is 11.1 Å². The monoisotopic (exact) mass is 360 g/mol. The van der Waals surface area contributed by atoms with Crippen LogP contribution >= 0.6 is 11.6 Å². The highest BCUT2D eigenvalue weighted by molar-refractivity contribution is 6.30. The minimum atomic E-state index is -0.466. The third-order valence-electron chi connectivity index (χ3n) is 3.32. The van der Waals surface area contributed by atoms with Gasteiger partial charge in [0, 0.05) is 11.6 Å². The number of amides is 2. The molecule has 0 atom stereocenters. The Balaban J connectivity index is 1.51. The van der Waals surface area contributed by atoms with Crippen LogP contribution in [-0.4, -0.2) is 16.2 Å². The van der Waals surface area contributed by atoms with E-state index in [9.17, 15) is 9.18 Å². The van der Waals surface area contributed by atoms with Gasteiger partial charge in [0.25, 0.3) is 0 Å². The largest absolute Gasteiger partial charge is 0.407 e.